The minimum Gasteiger partial charge on any atom is -0.465 e. The van der Waals surface area contributed by atoms with Gasteiger partial charge in [0.15, 0.2) is 0 Å². The number of benzene rings is 1. The molecular formula is C15H22ClNO4S. The Hall–Kier alpha value is -1.11. The number of rotatable bonds is 6. The van der Waals surface area contributed by atoms with E-state index in [1.807, 2.05) is 0 Å². The quantitative estimate of drug-likeness (QED) is 0.803. The Balaban J connectivity index is 2.97. The average molecular weight is 348 g/mol. The van der Waals surface area contributed by atoms with Gasteiger partial charge in [0.1, 0.15) is 6.04 Å². The molecule has 5 nitrogen and oxygen atoms in total. The smallest absolute Gasteiger partial charge is 0.324 e. The zero-order chi connectivity index (χ0) is 17.0. The molecule has 1 aromatic rings. The van der Waals surface area contributed by atoms with Crippen molar-refractivity contribution in [2.75, 3.05) is 6.61 Å². The van der Waals surface area contributed by atoms with Crippen molar-refractivity contribution < 1.29 is 17.9 Å². The van der Waals surface area contributed by atoms with Crippen LogP contribution in [-0.4, -0.2) is 27.0 Å². The Morgan fingerprint density at radius 2 is 1.91 bits per heavy atom. The molecule has 0 fully saturated rings. The number of halogens is 1. The fraction of sp³-hybridized carbons (Fsp3) is 0.533. The molecule has 0 unspecified atom stereocenters. The second kappa shape index (κ2) is 7.44. The van der Waals surface area contributed by atoms with E-state index >= 15 is 0 Å². The summed E-state index contributed by atoms with van der Waals surface area (Å²) in [4.78, 5) is 12.0. The van der Waals surface area contributed by atoms with Gasteiger partial charge >= 0.3 is 5.97 Å². The highest BCUT2D eigenvalue weighted by molar-refractivity contribution is 7.88. The molecule has 0 aliphatic carbocycles. The summed E-state index contributed by atoms with van der Waals surface area (Å²) in [5.41, 5.74) is -0.132. The fourth-order valence-corrected chi connectivity index (χ4v) is 3.68. The zero-order valence-electron chi connectivity index (χ0n) is 13.2. The van der Waals surface area contributed by atoms with Crippen LogP contribution in [0.3, 0.4) is 0 Å². The minimum atomic E-state index is -3.74. The molecule has 0 saturated heterocycles. The molecule has 7 heteroatoms. The summed E-state index contributed by atoms with van der Waals surface area (Å²) in [7, 11) is -3.74. The summed E-state index contributed by atoms with van der Waals surface area (Å²) in [5, 5.41) is 0.372. The molecule has 1 N–H and O–H groups in total. The zero-order valence-corrected chi connectivity index (χ0v) is 14.8. The lowest BCUT2D eigenvalue weighted by molar-refractivity contribution is -0.147. The number of nitrogens with one attached hydrogen (secondary N) is 1. The third-order valence-electron chi connectivity index (χ3n) is 2.99. The van der Waals surface area contributed by atoms with Crippen molar-refractivity contribution in [3.05, 3.63) is 34.9 Å². The predicted octanol–water partition coefficient (Wildman–Crippen LogP) is 2.74. The molecule has 0 heterocycles. The second-order valence-electron chi connectivity index (χ2n) is 6.02. The molecule has 22 heavy (non-hydrogen) atoms. The van der Waals surface area contributed by atoms with Crippen LogP contribution >= 0.6 is 11.6 Å². The van der Waals surface area contributed by atoms with Gasteiger partial charge in [-0.05, 0) is 24.0 Å². The van der Waals surface area contributed by atoms with E-state index in [2.05, 4.69) is 4.72 Å². The van der Waals surface area contributed by atoms with Gasteiger partial charge in [-0.25, -0.2) is 13.1 Å². The number of hydrogen-bond acceptors (Lipinski definition) is 4. The molecular weight excluding hydrogens is 326 g/mol. The minimum absolute atomic E-state index is 0.192. The molecule has 0 saturated carbocycles. The average Bonchev–Trinajstić information content (AvgIpc) is 2.37. The van der Waals surface area contributed by atoms with Crippen molar-refractivity contribution in [1.82, 2.24) is 4.72 Å². The van der Waals surface area contributed by atoms with E-state index in [9.17, 15) is 13.2 Å². The SMILES string of the molecule is CCOC(=O)[C@@H](NS(=O)(=O)Cc1ccccc1Cl)C(C)(C)C. The van der Waals surface area contributed by atoms with Crippen molar-refractivity contribution in [3.8, 4) is 0 Å². The molecule has 0 amide bonds. The number of esters is 1. The van der Waals surface area contributed by atoms with Gasteiger partial charge in [0.25, 0.3) is 0 Å². The molecule has 0 aliphatic heterocycles. The van der Waals surface area contributed by atoms with E-state index in [0.717, 1.165) is 0 Å². The van der Waals surface area contributed by atoms with Crippen LogP contribution in [0.15, 0.2) is 24.3 Å². The Kier molecular flexibility index (Phi) is 6.40. The number of sulfonamides is 1. The number of carbonyl (C=O) groups excluding carboxylic acids is 1. The first-order chi connectivity index (χ1) is 10.1. The Morgan fingerprint density at radius 1 is 1.32 bits per heavy atom. The summed E-state index contributed by atoms with van der Waals surface area (Å²) in [5.74, 6) is -0.878. The van der Waals surface area contributed by atoms with Crippen LogP contribution < -0.4 is 4.72 Å². The lowest BCUT2D eigenvalue weighted by Crippen LogP contribution is -2.50. The monoisotopic (exact) mass is 347 g/mol. The highest BCUT2D eigenvalue weighted by Crippen LogP contribution is 2.23. The topological polar surface area (TPSA) is 72.5 Å². The van der Waals surface area contributed by atoms with Gasteiger partial charge in [-0.3, -0.25) is 4.79 Å². The maximum absolute atomic E-state index is 12.3. The first-order valence-corrected chi connectivity index (χ1v) is 9.00. The van der Waals surface area contributed by atoms with E-state index in [4.69, 9.17) is 16.3 Å². The van der Waals surface area contributed by atoms with Gasteiger partial charge in [-0.2, -0.15) is 0 Å². The highest BCUT2D eigenvalue weighted by atomic mass is 35.5. The van der Waals surface area contributed by atoms with Crippen molar-refractivity contribution >= 4 is 27.6 Å². The van der Waals surface area contributed by atoms with Crippen molar-refractivity contribution in [1.29, 1.82) is 0 Å². The second-order valence-corrected chi connectivity index (χ2v) is 8.18. The third-order valence-corrected chi connectivity index (χ3v) is 4.64. The van der Waals surface area contributed by atoms with Gasteiger partial charge in [0, 0.05) is 5.02 Å². The number of carbonyl (C=O) groups is 1. The molecule has 0 spiro atoms. The lowest BCUT2D eigenvalue weighted by atomic mass is 9.87. The van der Waals surface area contributed by atoms with E-state index in [1.165, 1.54) is 0 Å². The van der Waals surface area contributed by atoms with Crippen molar-refractivity contribution in [3.63, 3.8) is 0 Å². The standard InChI is InChI=1S/C15H22ClNO4S/c1-5-21-14(18)13(15(2,3)4)17-22(19,20)10-11-8-6-7-9-12(11)16/h6-9,13,17H,5,10H2,1-4H3/t13-/m1/s1. The van der Waals surface area contributed by atoms with Gasteiger partial charge in [0.2, 0.25) is 10.0 Å². The molecule has 1 rings (SSSR count). The molecule has 1 atom stereocenters. The van der Waals surface area contributed by atoms with Gasteiger partial charge < -0.3 is 4.74 Å². The van der Waals surface area contributed by atoms with Crippen LogP contribution in [0.2, 0.25) is 5.02 Å². The van der Waals surface area contributed by atoms with Crippen molar-refractivity contribution in [2.45, 2.75) is 39.5 Å². The number of hydrogen-bond donors (Lipinski definition) is 1. The number of ether oxygens (including phenoxy) is 1. The highest BCUT2D eigenvalue weighted by Gasteiger charge is 2.36. The Bertz CT molecular complexity index is 623. The normalized spacial score (nSPS) is 13.7. The largest absolute Gasteiger partial charge is 0.465 e. The fourth-order valence-electron chi connectivity index (χ4n) is 1.85. The van der Waals surface area contributed by atoms with Crippen LogP contribution in [0.25, 0.3) is 0 Å². The Labute approximate surface area is 137 Å². The van der Waals surface area contributed by atoms with E-state index in [-0.39, 0.29) is 12.4 Å². The molecule has 0 aliphatic rings. The summed E-state index contributed by atoms with van der Waals surface area (Å²) >= 11 is 5.99. The molecule has 124 valence electrons. The summed E-state index contributed by atoms with van der Waals surface area (Å²) in [6.45, 7) is 7.18. The van der Waals surface area contributed by atoms with Gasteiger partial charge in [-0.15, -0.1) is 0 Å². The Morgan fingerprint density at radius 3 is 2.41 bits per heavy atom. The summed E-state index contributed by atoms with van der Waals surface area (Å²) in [6, 6.07) is 5.74. The van der Waals surface area contributed by atoms with Gasteiger partial charge in [-0.1, -0.05) is 50.6 Å². The maximum atomic E-state index is 12.3. The lowest BCUT2D eigenvalue weighted by Gasteiger charge is -2.29. The third kappa shape index (κ3) is 5.59. The van der Waals surface area contributed by atoms with E-state index in [1.54, 1.807) is 52.0 Å². The summed E-state index contributed by atoms with van der Waals surface area (Å²) < 4.78 is 32.1. The first-order valence-electron chi connectivity index (χ1n) is 6.97. The molecule has 1 aromatic carbocycles. The van der Waals surface area contributed by atoms with Crippen LogP contribution in [0.4, 0.5) is 0 Å². The first kappa shape index (κ1) is 18.9. The van der Waals surface area contributed by atoms with Gasteiger partial charge in [0.05, 0.1) is 12.4 Å². The maximum Gasteiger partial charge on any atom is 0.324 e. The van der Waals surface area contributed by atoms with Crippen molar-refractivity contribution in [2.24, 2.45) is 5.41 Å². The van der Waals surface area contributed by atoms with Crippen LogP contribution in [0, 0.1) is 5.41 Å². The van der Waals surface area contributed by atoms with Crippen LogP contribution in [0.5, 0.6) is 0 Å². The van der Waals surface area contributed by atoms with Crippen LogP contribution in [0.1, 0.15) is 33.3 Å². The summed E-state index contributed by atoms with van der Waals surface area (Å²) in [6.07, 6.45) is 0. The molecule has 0 bridgehead atoms. The predicted molar refractivity (Wildman–Crippen MR) is 87.1 cm³/mol. The van der Waals surface area contributed by atoms with E-state index in [0.29, 0.717) is 10.6 Å². The van der Waals surface area contributed by atoms with E-state index < -0.39 is 27.4 Å². The molecule has 0 aromatic heterocycles. The van der Waals surface area contributed by atoms with Crippen LogP contribution in [-0.2, 0) is 25.3 Å². The molecule has 0 radical (unpaired) electrons.